The standard InChI is InChI=1S/C8H16N2O/c1-7(6-9)10-5-4-8(2,3)11/h7,10-11H,4-5H2,1-3H3. The van der Waals surface area contributed by atoms with Crippen LogP contribution in [0.2, 0.25) is 0 Å². The van der Waals surface area contributed by atoms with Crippen molar-refractivity contribution in [3.63, 3.8) is 0 Å². The summed E-state index contributed by atoms with van der Waals surface area (Å²) in [5.74, 6) is 0. The molecule has 11 heavy (non-hydrogen) atoms. The zero-order chi connectivity index (χ0) is 8.91. The summed E-state index contributed by atoms with van der Waals surface area (Å²) in [5.41, 5.74) is -0.637. The molecule has 1 atom stereocenters. The largest absolute Gasteiger partial charge is 0.390 e. The summed E-state index contributed by atoms with van der Waals surface area (Å²) in [6.07, 6.45) is 0.666. The summed E-state index contributed by atoms with van der Waals surface area (Å²) in [6.45, 7) is 5.99. The molecule has 0 fully saturated rings. The maximum Gasteiger partial charge on any atom is 0.0924 e. The number of rotatable bonds is 4. The molecule has 0 spiro atoms. The first-order chi connectivity index (χ1) is 4.95. The topological polar surface area (TPSA) is 56.0 Å². The van der Waals surface area contributed by atoms with Crippen molar-refractivity contribution in [2.24, 2.45) is 0 Å². The Labute approximate surface area is 68.0 Å². The normalized spacial score (nSPS) is 14.1. The molecule has 2 N–H and O–H groups in total. The van der Waals surface area contributed by atoms with E-state index in [9.17, 15) is 5.11 Å². The van der Waals surface area contributed by atoms with Gasteiger partial charge >= 0.3 is 0 Å². The Bertz CT molecular complexity index is 143. The summed E-state index contributed by atoms with van der Waals surface area (Å²) in [5, 5.41) is 20.6. The Morgan fingerprint density at radius 3 is 2.55 bits per heavy atom. The lowest BCUT2D eigenvalue weighted by Crippen LogP contribution is -2.31. The first-order valence-corrected chi connectivity index (χ1v) is 3.81. The molecule has 0 amide bonds. The highest BCUT2D eigenvalue weighted by atomic mass is 16.3. The third-order valence-corrected chi connectivity index (χ3v) is 1.38. The van der Waals surface area contributed by atoms with E-state index in [1.807, 2.05) is 0 Å². The molecule has 0 heterocycles. The molecule has 0 saturated heterocycles. The molecule has 0 aliphatic heterocycles. The molecule has 0 radical (unpaired) electrons. The van der Waals surface area contributed by atoms with E-state index < -0.39 is 5.60 Å². The minimum Gasteiger partial charge on any atom is -0.390 e. The van der Waals surface area contributed by atoms with Crippen LogP contribution in [0.4, 0.5) is 0 Å². The Morgan fingerprint density at radius 1 is 1.64 bits per heavy atom. The lowest BCUT2D eigenvalue weighted by atomic mass is 10.1. The van der Waals surface area contributed by atoms with Gasteiger partial charge in [0, 0.05) is 0 Å². The van der Waals surface area contributed by atoms with Crippen molar-refractivity contribution in [1.82, 2.24) is 5.32 Å². The molecule has 1 unspecified atom stereocenters. The summed E-state index contributed by atoms with van der Waals surface area (Å²) in [7, 11) is 0. The van der Waals surface area contributed by atoms with Gasteiger partial charge < -0.3 is 10.4 Å². The molecule has 0 rings (SSSR count). The molecule has 0 aromatic heterocycles. The highest BCUT2D eigenvalue weighted by Crippen LogP contribution is 2.04. The second-order valence-corrected chi connectivity index (χ2v) is 3.37. The maximum absolute atomic E-state index is 9.28. The zero-order valence-electron chi connectivity index (χ0n) is 7.39. The molecule has 0 aliphatic carbocycles. The van der Waals surface area contributed by atoms with E-state index in [1.165, 1.54) is 0 Å². The minimum absolute atomic E-state index is 0.127. The first kappa shape index (κ1) is 10.4. The Hall–Kier alpha value is -0.590. The lowest BCUT2D eigenvalue weighted by Gasteiger charge is -2.17. The van der Waals surface area contributed by atoms with Crippen LogP contribution >= 0.6 is 0 Å². The average Bonchev–Trinajstić information content (AvgIpc) is 1.85. The van der Waals surface area contributed by atoms with Crippen molar-refractivity contribution in [2.75, 3.05) is 6.54 Å². The maximum atomic E-state index is 9.28. The van der Waals surface area contributed by atoms with E-state index in [1.54, 1.807) is 20.8 Å². The SMILES string of the molecule is CC(C#N)NCCC(C)(C)O. The van der Waals surface area contributed by atoms with Crippen LogP contribution in [0.1, 0.15) is 27.2 Å². The van der Waals surface area contributed by atoms with Crippen LogP contribution in [-0.4, -0.2) is 23.3 Å². The van der Waals surface area contributed by atoms with Crippen LogP contribution in [0.25, 0.3) is 0 Å². The van der Waals surface area contributed by atoms with Crippen LogP contribution in [0, 0.1) is 11.3 Å². The second-order valence-electron chi connectivity index (χ2n) is 3.37. The summed E-state index contributed by atoms with van der Waals surface area (Å²) in [4.78, 5) is 0. The van der Waals surface area contributed by atoms with Crippen LogP contribution in [0.5, 0.6) is 0 Å². The van der Waals surface area contributed by atoms with Crippen LogP contribution in [-0.2, 0) is 0 Å². The molecule has 0 saturated carbocycles. The van der Waals surface area contributed by atoms with E-state index in [4.69, 9.17) is 5.26 Å². The fraction of sp³-hybridized carbons (Fsp3) is 0.875. The number of aliphatic hydroxyl groups is 1. The second kappa shape index (κ2) is 4.32. The van der Waals surface area contributed by atoms with Gasteiger partial charge in [-0.3, -0.25) is 0 Å². The third-order valence-electron chi connectivity index (χ3n) is 1.38. The summed E-state index contributed by atoms with van der Waals surface area (Å²) < 4.78 is 0. The summed E-state index contributed by atoms with van der Waals surface area (Å²) >= 11 is 0. The van der Waals surface area contributed by atoms with Gasteiger partial charge in [-0.2, -0.15) is 5.26 Å². The number of nitrogens with one attached hydrogen (secondary N) is 1. The summed E-state index contributed by atoms with van der Waals surface area (Å²) in [6, 6.07) is 1.93. The first-order valence-electron chi connectivity index (χ1n) is 3.81. The van der Waals surface area contributed by atoms with Crippen molar-refractivity contribution in [3.8, 4) is 6.07 Å². The van der Waals surface area contributed by atoms with Gasteiger partial charge in [0.15, 0.2) is 0 Å². The van der Waals surface area contributed by atoms with Gasteiger partial charge in [0.05, 0.1) is 17.7 Å². The van der Waals surface area contributed by atoms with E-state index in [0.717, 1.165) is 0 Å². The van der Waals surface area contributed by atoms with Gasteiger partial charge in [0.25, 0.3) is 0 Å². The van der Waals surface area contributed by atoms with Gasteiger partial charge in [-0.05, 0) is 33.7 Å². The van der Waals surface area contributed by atoms with Crippen molar-refractivity contribution in [2.45, 2.75) is 38.8 Å². The quantitative estimate of drug-likeness (QED) is 0.628. The van der Waals surface area contributed by atoms with Gasteiger partial charge in [0.1, 0.15) is 0 Å². The predicted octanol–water partition coefficient (Wildman–Crippen LogP) is 0.649. The highest BCUT2D eigenvalue weighted by Gasteiger charge is 2.11. The molecular formula is C8H16N2O. The van der Waals surface area contributed by atoms with Crippen molar-refractivity contribution in [1.29, 1.82) is 5.26 Å². The number of hydrogen-bond donors (Lipinski definition) is 2. The third kappa shape index (κ3) is 7.31. The van der Waals surface area contributed by atoms with Gasteiger partial charge in [-0.25, -0.2) is 0 Å². The Balaban J connectivity index is 3.37. The van der Waals surface area contributed by atoms with Crippen LogP contribution in [0.15, 0.2) is 0 Å². The minimum atomic E-state index is -0.637. The Kier molecular flexibility index (Phi) is 4.09. The molecule has 0 aliphatic rings. The number of nitrogens with zero attached hydrogens (tertiary/aromatic N) is 1. The fourth-order valence-corrected chi connectivity index (χ4v) is 0.640. The van der Waals surface area contributed by atoms with Crippen molar-refractivity contribution in [3.05, 3.63) is 0 Å². The van der Waals surface area contributed by atoms with Crippen molar-refractivity contribution < 1.29 is 5.11 Å². The highest BCUT2D eigenvalue weighted by molar-refractivity contribution is 4.85. The zero-order valence-corrected chi connectivity index (χ0v) is 7.39. The average molecular weight is 156 g/mol. The molecule has 0 bridgehead atoms. The number of nitriles is 1. The van der Waals surface area contributed by atoms with E-state index >= 15 is 0 Å². The molecular weight excluding hydrogens is 140 g/mol. The van der Waals surface area contributed by atoms with E-state index in [0.29, 0.717) is 13.0 Å². The molecule has 64 valence electrons. The predicted molar refractivity (Wildman–Crippen MR) is 44.0 cm³/mol. The van der Waals surface area contributed by atoms with Gasteiger partial charge in [0.2, 0.25) is 0 Å². The fourth-order valence-electron chi connectivity index (χ4n) is 0.640. The number of hydrogen-bond acceptors (Lipinski definition) is 3. The van der Waals surface area contributed by atoms with Crippen LogP contribution < -0.4 is 5.32 Å². The van der Waals surface area contributed by atoms with E-state index in [-0.39, 0.29) is 6.04 Å². The van der Waals surface area contributed by atoms with Crippen LogP contribution in [0.3, 0.4) is 0 Å². The molecule has 3 heteroatoms. The molecule has 3 nitrogen and oxygen atoms in total. The van der Waals surface area contributed by atoms with Gasteiger partial charge in [-0.1, -0.05) is 0 Å². The monoisotopic (exact) mass is 156 g/mol. The molecule has 0 aromatic carbocycles. The van der Waals surface area contributed by atoms with E-state index in [2.05, 4.69) is 11.4 Å². The smallest absolute Gasteiger partial charge is 0.0924 e. The van der Waals surface area contributed by atoms with Crippen molar-refractivity contribution >= 4 is 0 Å². The molecule has 0 aromatic rings. The Morgan fingerprint density at radius 2 is 2.18 bits per heavy atom. The van der Waals surface area contributed by atoms with Gasteiger partial charge in [-0.15, -0.1) is 0 Å². The lowest BCUT2D eigenvalue weighted by molar-refractivity contribution is 0.0709.